The predicted octanol–water partition coefficient (Wildman–Crippen LogP) is 4.54. The van der Waals surface area contributed by atoms with Crippen LogP contribution in [-0.4, -0.2) is 36.1 Å². The third kappa shape index (κ3) is 7.60. The van der Waals surface area contributed by atoms with Crippen molar-refractivity contribution in [2.45, 2.75) is 26.7 Å². The van der Waals surface area contributed by atoms with Crippen LogP contribution >= 0.6 is 0 Å². The minimum absolute atomic E-state index is 0.0394. The minimum Gasteiger partial charge on any atom is -0.484 e. The van der Waals surface area contributed by atoms with Gasteiger partial charge in [0, 0.05) is 0 Å². The van der Waals surface area contributed by atoms with Crippen molar-refractivity contribution in [2.75, 3.05) is 23.8 Å². The van der Waals surface area contributed by atoms with Crippen LogP contribution in [0.4, 0.5) is 11.4 Å². The fourth-order valence-electron chi connectivity index (χ4n) is 3.27. The normalized spacial score (nSPS) is 10.3. The number of hydrogen-bond donors (Lipinski definition) is 3. The number of aryl methyl sites for hydroxylation is 2. The van der Waals surface area contributed by atoms with Crippen molar-refractivity contribution in [3.8, 4) is 11.5 Å². The van der Waals surface area contributed by atoms with Crippen molar-refractivity contribution in [2.24, 2.45) is 0 Å². The van der Waals surface area contributed by atoms with E-state index < -0.39 is 17.8 Å². The number of rotatable bonds is 11. The summed E-state index contributed by atoms with van der Waals surface area (Å²) in [6, 6.07) is 18.9. The Kier molecular flexibility index (Phi) is 8.83. The summed E-state index contributed by atoms with van der Waals surface area (Å²) in [4.78, 5) is 36.4. The SMILES string of the molecule is CCc1cccc(OCC(=O)Nc2ccc(C(=O)O)cc2NC(=O)COc2cccc(CC)c2)c1. The first-order valence-corrected chi connectivity index (χ1v) is 11.3. The van der Waals surface area contributed by atoms with E-state index in [0.717, 1.165) is 24.0 Å². The van der Waals surface area contributed by atoms with E-state index in [0.29, 0.717) is 11.5 Å². The molecule has 0 saturated heterocycles. The summed E-state index contributed by atoms with van der Waals surface area (Å²) in [7, 11) is 0. The molecular formula is C27H28N2O6. The standard InChI is InChI=1S/C27H28N2O6/c1-3-18-7-5-9-21(13-18)34-16-25(30)28-23-12-11-20(27(32)33)15-24(23)29-26(31)17-35-22-10-6-8-19(4-2)14-22/h5-15H,3-4,16-17H2,1-2H3,(H,28,30)(H,29,31)(H,32,33). The average Bonchev–Trinajstić information content (AvgIpc) is 2.87. The number of hydrogen-bond acceptors (Lipinski definition) is 5. The van der Waals surface area contributed by atoms with Crippen LogP contribution in [0, 0.1) is 0 Å². The van der Waals surface area contributed by atoms with Gasteiger partial charge in [0.2, 0.25) is 0 Å². The Morgan fingerprint density at radius 2 is 1.23 bits per heavy atom. The molecule has 0 radical (unpaired) electrons. The Labute approximate surface area is 203 Å². The van der Waals surface area contributed by atoms with E-state index in [-0.39, 0.29) is 30.2 Å². The van der Waals surface area contributed by atoms with Gasteiger partial charge in [-0.1, -0.05) is 38.1 Å². The highest BCUT2D eigenvalue weighted by atomic mass is 16.5. The Hall–Kier alpha value is -4.33. The van der Waals surface area contributed by atoms with Gasteiger partial charge < -0.3 is 25.2 Å². The van der Waals surface area contributed by atoms with E-state index in [4.69, 9.17) is 9.47 Å². The van der Waals surface area contributed by atoms with Gasteiger partial charge in [-0.05, 0) is 66.4 Å². The third-order valence-corrected chi connectivity index (χ3v) is 5.17. The van der Waals surface area contributed by atoms with E-state index in [1.807, 2.05) is 50.2 Å². The van der Waals surface area contributed by atoms with Crippen LogP contribution in [0.15, 0.2) is 66.7 Å². The molecule has 3 aromatic carbocycles. The highest BCUT2D eigenvalue weighted by Crippen LogP contribution is 2.24. The van der Waals surface area contributed by atoms with Crippen LogP contribution in [0.3, 0.4) is 0 Å². The molecule has 8 nitrogen and oxygen atoms in total. The Balaban J connectivity index is 1.65. The molecule has 8 heteroatoms. The lowest BCUT2D eigenvalue weighted by Crippen LogP contribution is -2.24. The highest BCUT2D eigenvalue weighted by molar-refractivity contribution is 6.02. The lowest BCUT2D eigenvalue weighted by Gasteiger charge is -2.14. The first-order chi connectivity index (χ1) is 16.9. The van der Waals surface area contributed by atoms with Crippen LogP contribution in [-0.2, 0) is 22.4 Å². The van der Waals surface area contributed by atoms with E-state index >= 15 is 0 Å². The molecule has 0 aliphatic heterocycles. The summed E-state index contributed by atoms with van der Waals surface area (Å²) in [6.45, 7) is 3.51. The summed E-state index contributed by atoms with van der Waals surface area (Å²) >= 11 is 0. The summed E-state index contributed by atoms with van der Waals surface area (Å²) in [5.74, 6) is -1.00. The first-order valence-electron chi connectivity index (χ1n) is 11.3. The molecular weight excluding hydrogens is 448 g/mol. The van der Waals surface area contributed by atoms with Crippen molar-refractivity contribution < 1.29 is 29.0 Å². The summed E-state index contributed by atoms with van der Waals surface area (Å²) in [5, 5.41) is 14.6. The fraction of sp³-hybridized carbons (Fsp3) is 0.222. The molecule has 0 atom stereocenters. The Morgan fingerprint density at radius 1 is 0.714 bits per heavy atom. The van der Waals surface area contributed by atoms with Crippen LogP contribution < -0.4 is 20.1 Å². The van der Waals surface area contributed by atoms with Gasteiger partial charge in [0.05, 0.1) is 16.9 Å². The highest BCUT2D eigenvalue weighted by Gasteiger charge is 2.14. The van der Waals surface area contributed by atoms with Gasteiger partial charge in [0.1, 0.15) is 11.5 Å². The molecule has 0 aliphatic carbocycles. The summed E-state index contributed by atoms with van der Waals surface area (Å²) in [6.07, 6.45) is 1.68. The molecule has 182 valence electrons. The molecule has 0 bridgehead atoms. The van der Waals surface area contributed by atoms with E-state index in [1.54, 1.807) is 12.1 Å². The second-order valence-corrected chi connectivity index (χ2v) is 7.74. The van der Waals surface area contributed by atoms with Crippen LogP contribution in [0.1, 0.15) is 35.3 Å². The van der Waals surface area contributed by atoms with Crippen molar-refractivity contribution in [1.82, 2.24) is 0 Å². The maximum absolute atomic E-state index is 12.5. The van der Waals surface area contributed by atoms with Crippen molar-refractivity contribution in [3.63, 3.8) is 0 Å². The molecule has 0 spiro atoms. The van der Waals surface area contributed by atoms with Crippen molar-refractivity contribution in [3.05, 3.63) is 83.4 Å². The number of carbonyl (C=O) groups excluding carboxylic acids is 2. The third-order valence-electron chi connectivity index (χ3n) is 5.17. The molecule has 2 amide bonds. The Morgan fingerprint density at radius 3 is 1.71 bits per heavy atom. The van der Waals surface area contributed by atoms with Crippen LogP contribution in [0.25, 0.3) is 0 Å². The molecule has 0 saturated carbocycles. The van der Waals surface area contributed by atoms with Gasteiger partial charge in [0.25, 0.3) is 11.8 Å². The lowest BCUT2D eigenvalue weighted by molar-refractivity contribution is -0.119. The zero-order chi connectivity index (χ0) is 25.2. The van der Waals surface area contributed by atoms with Crippen LogP contribution in [0.2, 0.25) is 0 Å². The quantitative estimate of drug-likeness (QED) is 0.374. The van der Waals surface area contributed by atoms with Gasteiger partial charge in [-0.15, -0.1) is 0 Å². The second-order valence-electron chi connectivity index (χ2n) is 7.74. The molecule has 0 aliphatic rings. The number of carboxylic acid groups (broad SMARTS) is 1. The number of aromatic carboxylic acids is 1. The predicted molar refractivity (Wildman–Crippen MR) is 133 cm³/mol. The van der Waals surface area contributed by atoms with Crippen LogP contribution in [0.5, 0.6) is 11.5 Å². The second kappa shape index (κ2) is 12.2. The van der Waals surface area contributed by atoms with Crippen molar-refractivity contribution >= 4 is 29.2 Å². The number of nitrogens with one attached hydrogen (secondary N) is 2. The number of carbonyl (C=O) groups is 3. The number of ether oxygens (including phenoxy) is 2. The first kappa shape index (κ1) is 25.3. The summed E-state index contributed by atoms with van der Waals surface area (Å²) < 4.78 is 11.1. The summed E-state index contributed by atoms with van der Waals surface area (Å²) in [5.41, 5.74) is 2.50. The lowest BCUT2D eigenvalue weighted by atomic mass is 10.1. The topological polar surface area (TPSA) is 114 Å². The van der Waals surface area contributed by atoms with Gasteiger partial charge in [-0.3, -0.25) is 9.59 Å². The number of carboxylic acids is 1. The van der Waals surface area contributed by atoms with Crippen molar-refractivity contribution in [1.29, 1.82) is 0 Å². The molecule has 3 rings (SSSR count). The zero-order valence-electron chi connectivity index (χ0n) is 19.7. The molecule has 3 N–H and O–H groups in total. The molecule has 0 unspecified atom stereocenters. The molecule has 0 fully saturated rings. The van der Waals surface area contributed by atoms with Gasteiger partial charge in [-0.2, -0.15) is 0 Å². The molecule has 0 aromatic heterocycles. The molecule has 3 aromatic rings. The maximum Gasteiger partial charge on any atom is 0.335 e. The monoisotopic (exact) mass is 476 g/mol. The largest absolute Gasteiger partial charge is 0.484 e. The molecule has 35 heavy (non-hydrogen) atoms. The molecule has 0 heterocycles. The van der Waals surface area contributed by atoms with Gasteiger partial charge in [0.15, 0.2) is 13.2 Å². The maximum atomic E-state index is 12.5. The number of benzene rings is 3. The van der Waals surface area contributed by atoms with E-state index in [2.05, 4.69) is 10.6 Å². The number of amides is 2. The smallest absolute Gasteiger partial charge is 0.335 e. The minimum atomic E-state index is -1.16. The van der Waals surface area contributed by atoms with Gasteiger partial charge in [-0.25, -0.2) is 4.79 Å². The average molecular weight is 477 g/mol. The fourth-order valence-corrected chi connectivity index (χ4v) is 3.27. The van der Waals surface area contributed by atoms with E-state index in [1.165, 1.54) is 18.2 Å². The number of anilines is 2. The zero-order valence-corrected chi connectivity index (χ0v) is 19.7. The van der Waals surface area contributed by atoms with Gasteiger partial charge >= 0.3 is 5.97 Å². The Bertz CT molecular complexity index is 1210. The van der Waals surface area contributed by atoms with E-state index in [9.17, 15) is 19.5 Å².